The molecule has 1 aliphatic heterocycles. The summed E-state index contributed by atoms with van der Waals surface area (Å²) in [6.45, 7) is 2.64. The molecule has 1 aliphatic rings. The maximum atomic E-state index is 8.86. The molecule has 1 saturated heterocycles. The number of nitriles is 1. The molecule has 0 radical (unpaired) electrons. The molecule has 0 aromatic heterocycles. The zero-order chi connectivity index (χ0) is 12.1. The number of hydrogen-bond donors (Lipinski definition) is 0. The highest BCUT2D eigenvalue weighted by atomic mass is 16.5. The van der Waals surface area contributed by atoms with Crippen LogP contribution in [0.2, 0.25) is 0 Å². The van der Waals surface area contributed by atoms with Crippen LogP contribution in [0.1, 0.15) is 24.0 Å². The third kappa shape index (κ3) is 3.29. The van der Waals surface area contributed by atoms with Gasteiger partial charge >= 0.3 is 0 Å². The van der Waals surface area contributed by atoms with Gasteiger partial charge in [0.1, 0.15) is 0 Å². The smallest absolute Gasteiger partial charge is 0.0991 e. The molecule has 1 aromatic carbocycles. The number of ether oxygens (including phenoxy) is 1. The molecule has 0 bridgehead atoms. The average molecular weight is 230 g/mol. The summed E-state index contributed by atoms with van der Waals surface area (Å²) in [7, 11) is 2.15. The molecule has 17 heavy (non-hydrogen) atoms. The van der Waals surface area contributed by atoms with Crippen molar-refractivity contribution in [2.75, 3.05) is 20.3 Å². The molecule has 1 fully saturated rings. The Bertz CT molecular complexity index is 405. The second-order valence-corrected chi connectivity index (χ2v) is 4.57. The normalized spacial score (nSPS) is 17.0. The van der Waals surface area contributed by atoms with E-state index in [0.29, 0.717) is 6.04 Å². The third-order valence-electron chi connectivity index (χ3n) is 3.30. The highest BCUT2D eigenvalue weighted by Gasteiger charge is 2.18. The van der Waals surface area contributed by atoms with Gasteiger partial charge in [0, 0.05) is 25.8 Å². The fraction of sp³-hybridized carbons (Fsp3) is 0.500. The summed E-state index contributed by atoms with van der Waals surface area (Å²) in [6.07, 6.45) is 2.21. The topological polar surface area (TPSA) is 36.3 Å². The Morgan fingerprint density at radius 2 is 2.18 bits per heavy atom. The Morgan fingerprint density at radius 3 is 2.88 bits per heavy atom. The molecular weight excluding hydrogens is 212 g/mol. The van der Waals surface area contributed by atoms with Crippen molar-refractivity contribution in [1.29, 1.82) is 5.26 Å². The summed E-state index contributed by atoms with van der Waals surface area (Å²) in [5.41, 5.74) is 1.95. The standard InChI is InChI=1S/C14H18N2O/c1-16(14-5-7-17-8-6-14)11-13-4-2-3-12(9-13)10-15/h2-4,9,14H,5-8,11H2,1H3. The van der Waals surface area contributed by atoms with Gasteiger partial charge in [-0.25, -0.2) is 0 Å². The van der Waals surface area contributed by atoms with Crippen LogP contribution in [-0.4, -0.2) is 31.2 Å². The van der Waals surface area contributed by atoms with Gasteiger partial charge in [-0.1, -0.05) is 12.1 Å². The fourth-order valence-corrected chi connectivity index (χ4v) is 2.28. The first-order chi connectivity index (χ1) is 8.29. The second-order valence-electron chi connectivity index (χ2n) is 4.57. The van der Waals surface area contributed by atoms with Gasteiger partial charge < -0.3 is 4.74 Å². The van der Waals surface area contributed by atoms with Crippen LogP contribution >= 0.6 is 0 Å². The summed E-state index contributed by atoms with van der Waals surface area (Å²) in [6, 6.07) is 10.6. The number of rotatable bonds is 3. The molecule has 0 amide bonds. The van der Waals surface area contributed by atoms with Crippen LogP contribution in [0, 0.1) is 11.3 Å². The summed E-state index contributed by atoms with van der Waals surface area (Å²) in [4.78, 5) is 2.36. The average Bonchev–Trinajstić information content (AvgIpc) is 2.40. The zero-order valence-corrected chi connectivity index (χ0v) is 10.2. The molecule has 0 atom stereocenters. The van der Waals surface area contributed by atoms with Crippen molar-refractivity contribution in [3.05, 3.63) is 35.4 Å². The van der Waals surface area contributed by atoms with E-state index in [1.165, 1.54) is 5.56 Å². The van der Waals surface area contributed by atoms with E-state index in [-0.39, 0.29) is 0 Å². The van der Waals surface area contributed by atoms with Crippen LogP contribution in [0.25, 0.3) is 0 Å². The van der Waals surface area contributed by atoms with Crippen molar-refractivity contribution in [1.82, 2.24) is 4.90 Å². The van der Waals surface area contributed by atoms with Crippen molar-refractivity contribution >= 4 is 0 Å². The molecule has 0 saturated carbocycles. The molecule has 0 aliphatic carbocycles. The number of benzene rings is 1. The van der Waals surface area contributed by atoms with Gasteiger partial charge in [-0.3, -0.25) is 4.90 Å². The van der Waals surface area contributed by atoms with Gasteiger partial charge in [-0.15, -0.1) is 0 Å². The Hall–Kier alpha value is -1.37. The van der Waals surface area contributed by atoms with Crippen LogP contribution < -0.4 is 0 Å². The van der Waals surface area contributed by atoms with Gasteiger partial charge in [0.15, 0.2) is 0 Å². The lowest BCUT2D eigenvalue weighted by Gasteiger charge is -2.31. The van der Waals surface area contributed by atoms with Crippen molar-refractivity contribution in [2.24, 2.45) is 0 Å². The lowest BCUT2D eigenvalue weighted by molar-refractivity contribution is 0.0407. The Balaban J connectivity index is 1.97. The first-order valence-electron chi connectivity index (χ1n) is 6.06. The first-order valence-corrected chi connectivity index (χ1v) is 6.06. The largest absolute Gasteiger partial charge is 0.381 e. The van der Waals surface area contributed by atoms with E-state index < -0.39 is 0 Å². The van der Waals surface area contributed by atoms with E-state index in [1.54, 1.807) is 0 Å². The molecule has 90 valence electrons. The van der Waals surface area contributed by atoms with Gasteiger partial charge in [0.2, 0.25) is 0 Å². The first kappa shape index (κ1) is 12.1. The number of hydrogen-bond acceptors (Lipinski definition) is 3. The van der Waals surface area contributed by atoms with Crippen molar-refractivity contribution in [3.8, 4) is 6.07 Å². The lowest BCUT2D eigenvalue weighted by atomic mass is 10.1. The summed E-state index contributed by atoms with van der Waals surface area (Å²) >= 11 is 0. The predicted molar refractivity (Wildman–Crippen MR) is 66.5 cm³/mol. The van der Waals surface area contributed by atoms with Crippen LogP contribution in [0.4, 0.5) is 0 Å². The highest BCUT2D eigenvalue weighted by Crippen LogP contribution is 2.16. The van der Waals surface area contributed by atoms with E-state index in [2.05, 4.69) is 24.1 Å². The third-order valence-corrected chi connectivity index (χ3v) is 3.30. The molecular formula is C14H18N2O. The quantitative estimate of drug-likeness (QED) is 0.798. The van der Waals surface area contributed by atoms with E-state index >= 15 is 0 Å². The van der Waals surface area contributed by atoms with Crippen LogP contribution in [0.5, 0.6) is 0 Å². The minimum Gasteiger partial charge on any atom is -0.381 e. The van der Waals surface area contributed by atoms with E-state index in [4.69, 9.17) is 10.00 Å². The molecule has 0 unspecified atom stereocenters. The Labute approximate surface area is 103 Å². The minimum absolute atomic E-state index is 0.606. The maximum Gasteiger partial charge on any atom is 0.0991 e. The summed E-state index contributed by atoms with van der Waals surface area (Å²) < 4.78 is 5.37. The van der Waals surface area contributed by atoms with Crippen molar-refractivity contribution in [3.63, 3.8) is 0 Å². The lowest BCUT2D eigenvalue weighted by Crippen LogP contribution is -2.36. The van der Waals surface area contributed by atoms with Gasteiger partial charge in [-0.05, 0) is 37.6 Å². The molecule has 2 rings (SSSR count). The fourth-order valence-electron chi connectivity index (χ4n) is 2.28. The van der Waals surface area contributed by atoms with E-state index in [9.17, 15) is 0 Å². The van der Waals surface area contributed by atoms with E-state index in [0.717, 1.165) is 38.2 Å². The molecule has 0 N–H and O–H groups in total. The summed E-state index contributed by atoms with van der Waals surface area (Å²) in [5.74, 6) is 0. The van der Waals surface area contributed by atoms with Crippen LogP contribution in [0.3, 0.4) is 0 Å². The van der Waals surface area contributed by atoms with Crippen LogP contribution in [-0.2, 0) is 11.3 Å². The molecule has 3 nitrogen and oxygen atoms in total. The van der Waals surface area contributed by atoms with Gasteiger partial charge in [0.05, 0.1) is 11.6 Å². The Morgan fingerprint density at radius 1 is 1.41 bits per heavy atom. The number of nitrogens with zero attached hydrogens (tertiary/aromatic N) is 2. The molecule has 1 heterocycles. The highest BCUT2D eigenvalue weighted by molar-refractivity contribution is 5.32. The molecule has 1 aromatic rings. The predicted octanol–water partition coefficient (Wildman–Crippen LogP) is 2.17. The Kier molecular flexibility index (Phi) is 4.13. The second kappa shape index (κ2) is 5.81. The monoisotopic (exact) mass is 230 g/mol. The van der Waals surface area contributed by atoms with Crippen molar-refractivity contribution < 1.29 is 4.74 Å². The molecule has 0 spiro atoms. The van der Waals surface area contributed by atoms with Gasteiger partial charge in [0.25, 0.3) is 0 Å². The molecule has 3 heteroatoms. The van der Waals surface area contributed by atoms with Crippen LogP contribution in [0.15, 0.2) is 24.3 Å². The summed E-state index contributed by atoms with van der Waals surface area (Å²) in [5, 5.41) is 8.86. The maximum absolute atomic E-state index is 8.86. The van der Waals surface area contributed by atoms with Crippen molar-refractivity contribution in [2.45, 2.75) is 25.4 Å². The van der Waals surface area contributed by atoms with Gasteiger partial charge in [-0.2, -0.15) is 5.26 Å². The minimum atomic E-state index is 0.606. The van der Waals surface area contributed by atoms with E-state index in [1.807, 2.05) is 18.2 Å². The SMILES string of the molecule is CN(Cc1cccc(C#N)c1)C1CCOCC1. The zero-order valence-electron chi connectivity index (χ0n) is 10.2.